The Bertz CT molecular complexity index is 874. The summed E-state index contributed by atoms with van der Waals surface area (Å²) in [6.07, 6.45) is 0. The molecular weight excluding hydrogens is 312 g/mol. The maximum absolute atomic E-state index is 6.14. The van der Waals surface area contributed by atoms with Crippen molar-refractivity contribution in [3.63, 3.8) is 0 Å². The summed E-state index contributed by atoms with van der Waals surface area (Å²) in [7, 11) is 1.65. The van der Waals surface area contributed by atoms with Gasteiger partial charge in [0.05, 0.1) is 31.4 Å². The highest BCUT2D eigenvalue weighted by Crippen LogP contribution is 2.35. The summed E-state index contributed by atoms with van der Waals surface area (Å²) in [5.41, 5.74) is 3.20. The lowest BCUT2D eigenvalue weighted by Crippen LogP contribution is -2.10. The lowest BCUT2D eigenvalue weighted by Gasteiger charge is -2.18. The van der Waals surface area contributed by atoms with Gasteiger partial charge in [0, 0.05) is 0 Å². The summed E-state index contributed by atoms with van der Waals surface area (Å²) in [4.78, 5) is 0. The van der Waals surface area contributed by atoms with Crippen LogP contribution in [0.25, 0.3) is 22.3 Å². The predicted octanol–water partition coefficient (Wildman–Crippen LogP) is 6.09. The molecule has 0 saturated heterocycles. The molecule has 0 aliphatic rings. The van der Waals surface area contributed by atoms with Gasteiger partial charge in [-0.15, -0.1) is 0 Å². The lowest BCUT2D eigenvalue weighted by atomic mass is 9.86. The monoisotopic (exact) mass is 337 g/mol. The maximum Gasteiger partial charge on any atom is 0.368 e. The van der Waals surface area contributed by atoms with Crippen LogP contribution >= 0.6 is 0 Å². The highest BCUT2D eigenvalue weighted by molar-refractivity contribution is 5.86. The second-order valence-electron chi connectivity index (χ2n) is 7.10. The van der Waals surface area contributed by atoms with E-state index in [9.17, 15) is 0 Å². The van der Waals surface area contributed by atoms with Gasteiger partial charge in [0.2, 0.25) is 0 Å². The molecular formula is C22H25O3+. The average Bonchev–Trinajstić information content (AvgIpc) is 2.60. The Kier molecular flexibility index (Phi) is 4.67. The van der Waals surface area contributed by atoms with E-state index in [0.717, 1.165) is 33.8 Å². The SMILES string of the molecule is CCOc1cc(-c2ccc(C(C)(C)C)cc2)[o+]c2cc(OC)ccc12. The van der Waals surface area contributed by atoms with Crippen LogP contribution in [0, 0.1) is 0 Å². The van der Waals surface area contributed by atoms with Gasteiger partial charge in [0.25, 0.3) is 0 Å². The predicted molar refractivity (Wildman–Crippen MR) is 102 cm³/mol. The van der Waals surface area contributed by atoms with Gasteiger partial charge < -0.3 is 9.47 Å². The topological polar surface area (TPSA) is 29.8 Å². The molecule has 0 fully saturated rings. The first-order valence-electron chi connectivity index (χ1n) is 8.61. The van der Waals surface area contributed by atoms with Crippen molar-refractivity contribution >= 4 is 11.0 Å². The number of ether oxygens (including phenoxy) is 2. The Morgan fingerprint density at radius 3 is 2.28 bits per heavy atom. The lowest BCUT2D eigenvalue weighted by molar-refractivity contribution is 0.342. The zero-order valence-electron chi connectivity index (χ0n) is 15.6. The zero-order chi connectivity index (χ0) is 18.0. The van der Waals surface area contributed by atoms with Crippen molar-refractivity contribution in [2.45, 2.75) is 33.1 Å². The van der Waals surface area contributed by atoms with Gasteiger partial charge in [-0.1, -0.05) is 32.9 Å². The van der Waals surface area contributed by atoms with Crippen molar-refractivity contribution < 1.29 is 13.9 Å². The average molecular weight is 337 g/mol. The Hall–Kier alpha value is -2.55. The number of hydrogen-bond acceptors (Lipinski definition) is 2. The van der Waals surface area contributed by atoms with E-state index in [-0.39, 0.29) is 5.41 Å². The molecule has 1 heterocycles. The molecule has 1 aromatic heterocycles. The fourth-order valence-corrected chi connectivity index (χ4v) is 2.81. The molecule has 0 aliphatic carbocycles. The quantitative estimate of drug-likeness (QED) is 0.540. The molecule has 0 spiro atoms. The molecule has 3 rings (SSSR count). The van der Waals surface area contributed by atoms with Crippen molar-refractivity contribution in [1.29, 1.82) is 0 Å². The van der Waals surface area contributed by atoms with E-state index >= 15 is 0 Å². The molecule has 0 saturated carbocycles. The first-order chi connectivity index (χ1) is 11.9. The Labute approximate surface area is 149 Å². The molecule has 3 aromatic rings. The number of fused-ring (bicyclic) bond motifs is 1. The molecule has 2 aromatic carbocycles. The smallest absolute Gasteiger partial charge is 0.368 e. The molecule has 130 valence electrons. The van der Waals surface area contributed by atoms with E-state index in [2.05, 4.69) is 45.0 Å². The first-order valence-corrected chi connectivity index (χ1v) is 8.61. The molecule has 3 heteroatoms. The summed E-state index contributed by atoms with van der Waals surface area (Å²) < 4.78 is 17.3. The van der Waals surface area contributed by atoms with Crippen LogP contribution < -0.4 is 9.47 Å². The van der Waals surface area contributed by atoms with Gasteiger partial charge in [-0.2, -0.15) is 0 Å². The summed E-state index contributed by atoms with van der Waals surface area (Å²) in [6.45, 7) is 9.22. The van der Waals surface area contributed by atoms with Crippen molar-refractivity contribution in [3.8, 4) is 22.8 Å². The van der Waals surface area contributed by atoms with Gasteiger partial charge in [0.1, 0.15) is 16.9 Å². The van der Waals surface area contributed by atoms with E-state index in [1.165, 1.54) is 5.56 Å². The zero-order valence-corrected chi connectivity index (χ0v) is 15.6. The molecule has 0 aliphatic heterocycles. The van der Waals surface area contributed by atoms with E-state index in [1.807, 2.05) is 31.2 Å². The largest absolute Gasteiger partial charge is 0.496 e. The first kappa shape index (κ1) is 17.3. The number of rotatable bonds is 4. The minimum atomic E-state index is 0.128. The Morgan fingerprint density at radius 1 is 0.960 bits per heavy atom. The third-order valence-corrected chi connectivity index (χ3v) is 4.27. The Balaban J connectivity index is 2.11. The van der Waals surface area contributed by atoms with Crippen LogP contribution in [-0.2, 0) is 5.41 Å². The van der Waals surface area contributed by atoms with Crippen LogP contribution in [0.4, 0.5) is 0 Å². The van der Waals surface area contributed by atoms with E-state index < -0.39 is 0 Å². The van der Waals surface area contributed by atoms with Gasteiger partial charge in [-0.3, -0.25) is 0 Å². The number of methoxy groups -OCH3 is 1. The molecule has 3 nitrogen and oxygen atoms in total. The second-order valence-corrected chi connectivity index (χ2v) is 7.10. The molecule has 0 radical (unpaired) electrons. The molecule has 0 atom stereocenters. The number of benzene rings is 2. The molecule has 0 unspecified atom stereocenters. The third-order valence-electron chi connectivity index (χ3n) is 4.27. The van der Waals surface area contributed by atoms with E-state index in [0.29, 0.717) is 6.61 Å². The summed E-state index contributed by atoms with van der Waals surface area (Å²) in [6, 6.07) is 16.2. The normalized spacial score (nSPS) is 11.6. The van der Waals surface area contributed by atoms with Crippen molar-refractivity contribution in [3.05, 3.63) is 54.1 Å². The van der Waals surface area contributed by atoms with Crippen molar-refractivity contribution in [1.82, 2.24) is 0 Å². The minimum absolute atomic E-state index is 0.128. The summed E-state index contributed by atoms with van der Waals surface area (Å²) >= 11 is 0. The summed E-state index contributed by atoms with van der Waals surface area (Å²) in [5, 5.41) is 0.942. The van der Waals surface area contributed by atoms with Crippen molar-refractivity contribution in [2.24, 2.45) is 0 Å². The maximum atomic E-state index is 6.14. The highest BCUT2D eigenvalue weighted by atomic mass is 16.5. The molecule has 0 N–H and O–H groups in total. The van der Waals surface area contributed by atoms with Crippen molar-refractivity contribution in [2.75, 3.05) is 13.7 Å². The highest BCUT2D eigenvalue weighted by Gasteiger charge is 2.21. The van der Waals surface area contributed by atoms with Crippen LogP contribution in [-0.4, -0.2) is 13.7 Å². The van der Waals surface area contributed by atoms with E-state index in [1.54, 1.807) is 7.11 Å². The van der Waals surface area contributed by atoms with Gasteiger partial charge in [-0.05, 0) is 42.2 Å². The fourth-order valence-electron chi connectivity index (χ4n) is 2.81. The fraction of sp³-hybridized carbons (Fsp3) is 0.318. The summed E-state index contributed by atoms with van der Waals surface area (Å²) in [5.74, 6) is 2.37. The van der Waals surface area contributed by atoms with Gasteiger partial charge >= 0.3 is 11.3 Å². The van der Waals surface area contributed by atoms with Gasteiger partial charge in [-0.25, -0.2) is 4.42 Å². The molecule has 0 amide bonds. The van der Waals surface area contributed by atoms with Crippen LogP contribution in [0.3, 0.4) is 0 Å². The Morgan fingerprint density at radius 2 is 1.68 bits per heavy atom. The van der Waals surface area contributed by atoms with Crippen LogP contribution in [0.15, 0.2) is 52.9 Å². The van der Waals surface area contributed by atoms with Crippen LogP contribution in [0.1, 0.15) is 33.3 Å². The molecule has 0 bridgehead atoms. The van der Waals surface area contributed by atoms with Crippen LogP contribution in [0.2, 0.25) is 0 Å². The van der Waals surface area contributed by atoms with E-state index in [4.69, 9.17) is 13.9 Å². The van der Waals surface area contributed by atoms with Gasteiger partial charge in [0.15, 0.2) is 0 Å². The number of hydrogen-bond donors (Lipinski definition) is 0. The third kappa shape index (κ3) is 3.60. The minimum Gasteiger partial charge on any atom is -0.496 e. The van der Waals surface area contributed by atoms with Crippen LogP contribution in [0.5, 0.6) is 11.5 Å². The second kappa shape index (κ2) is 6.75. The molecule has 25 heavy (non-hydrogen) atoms. The standard InChI is InChI=1S/C22H25O3/c1-6-24-20-14-19(15-7-9-16(10-8-15)22(2,3)4)25-21-13-17(23-5)11-12-18(20)21/h7-14H,6H2,1-5H3/q+1.